The number of hydrogen-bond acceptors (Lipinski definition) is 3. The molecular formula is C30H32N4O2. The summed E-state index contributed by atoms with van der Waals surface area (Å²) < 4.78 is 0. The molecule has 2 amide bonds. The lowest BCUT2D eigenvalue weighted by Crippen LogP contribution is -2.38. The van der Waals surface area contributed by atoms with Gasteiger partial charge in [-0.2, -0.15) is 0 Å². The molecule has 0 unspecified atom stereocenters. The molecule has 1 aromatic heterocycles. The predicted molar refractivity (Wildman–Crippen MR) is 143 cm³/mol. The summed E-state index contributed by atoms with van der Waals surface area (Å²) in [7, 11) is 0. The lowest BCUT2D eigenvalue weighted by Gasteiger charge is -2.32. The molecular weight excluding hydrogens is 448 g/mol. The van der Waals surface area contributed by atoms with Gasteiger partial charge in [-0.3, -0.25) is 9.59 Å². The summed E-state index contributed by atoms with van der Waals surface area (Å²) in [5.41, 5.74) is 5.85. The zero-order valence-electron chi connectivity index (χ0n) is 20.7. The number of likely N-dealkylation sites (tertiary alicyclic amines) is 1. The Morgan fingerprint density at radius 1 is 0.944 bits per heavy atom. The van der Waals surface area contributed by atoms with Crippen molar-refractivity contribution in [1.29, 1.82) is 0 Å². The van der Waals surface area contributed by atoms with Crippen LogP contribution in [0.1, 0.15) is 47.1 Å². The zero-order chi connectivity index (χ0) is 24.9. The van der Waals surface area contributed by atoms with E-state index >= 15 is 0 Å². The molecule has 36 heavy (non-hydrogen) atoms. The van der Waals surface area contributed by atoms with Gasteiger partial charge < -0.3 is 15.2 Å². The van der Waals surface area contributed by atoms with Crippen LogP contribution in [0.3, 0.4) is 0 Å². The van der Waals surface area contributed by atoms with Crippen molar-refractivity contribution in [3.8, 4) is 0 Å². The van der Waals surface area contributed by atoms with Gasteiger partial charge in [0.15, 0.2) is 0 Å². The Balaban J connectivity index is 1.17. The predicted octanol–water partition coefficient (Wildman–Crippen LogP) is 5.40. The molecule has 2 heterocycles. The summed E-state index contributed by atoms with van der Waals surface area (Å²) >= 11 is 0. The first-order valence-corrected chi connectivity index (χ1v) is 12.7. The van der Waals surface area contributed by atoms with Gasteiger partial charge in [0.1, 0.15) is 5.82 Å². The second-order valence-corrected chi connectivity index (χ2v) is 9.72. The molecule has 0 saturated carbocycles. The summed E-state index contributed by atoms with van der Waals surface area (Å²) in [6.45, 7) is 3.12. The van der Waals surface area contributed by atoms with Gasteiger partial charge in [-0.15, -0.1) is 0 Å². The van der Waals surface area contributed by atoms with Gasteiger partial charge in [0.25, 0.3) is 5.91 Å². The van der Waals surface area contributed by atoms with Crippen molar-refractivity contribution in [2.24, 2.45) is 5.92 Å². The number of piperidine rings is 1. The summed E-state index contributed by atoms with van der Waals surface area (Å²) in [5, 5.41) is 2.78. The SMILES string of the molecule is CC(=O)Nc1ccc(CCc2nc3ccc(C(=O)N4CCC(Cc5ccccc5)CC4)cc3[nH]2)cc1. The molecule has 6 heteroatoms. The molecule has 5 rings (SSSR count). The van der Waals surface area contributed by atoms with Crippen LogP contribution < -0.4 is 5.32 Å². The van der Waals surface area contributed by atoms with Crippen LogP contribution in [-0.2, 0) is 24.1 Å². The van der Waals surface area contributed by atoms with E-state index in [4.69, 9.17) is 4.98 Å². The molecule has 3 aromatic carbocycles. The number of rotatable bonds is 7. The first kappa shape index (κ1) is 23.8. The number of aromatic nitrogens is 2. The van der Waals surface area contributed by atoms with Crippen molar-refractivity contribution in [2.45, 2.75) is 39.0 Å². The molecule has 1 aliphatic rings. The maximum Gasteiger partial charge on any atom is 0.253 e. The highest BCUT2D eigenvalue weighted by molar-refractivity contribution is 5.97. The highest BCUT2D eigenvalue weighted by atomic mass is 16.2. The fourth-order valence-electron chi connectivity index (χ4n) is 5.00. The van der Waals surface area contributed by atoms with Crippen LogP contribution >= 0.6 is 0 Å². The molecule has 4 aromatic rings. The van der Waals surface area contributed by atoms with E-state index in [2.05, 4.69) is 40.6 Å². The summed E-state index contributed by atoms with van der Waals surface area (Å²) in [6.07, 6.45) is 4.78. The second kappa shape index (κ2) is 10.8. The molecule has 0 bridgehead atoms. The largest absolute Gasteiger partial charge is 0.342 e. The van der Waals surface area contributed by atoms with Gasteiger partial charge in [-0.05, 0) is 73.1 Å². The lowest BCUT2D eigenvalue weighted by molar-refractivity contribution is -0.114. The average Bonchev–Trinajstić information content (AvgIpc) is 3.31. The topological polar surface area (TPSA) is 78.1 Å². The molecule has 0 radical (unpaired) electrons. The number of fused-ring (bicyclic) bond motifs is 1. The minimum atomic E-state index is -0.0737. The number of carbonyl (C=O) groups excluding carboxylic acids is 2. The molecule has 1 aliphatic heterocycles. The number of benzene rings is 3. The van der Waals surface area contributed by atoms with E-state index in [-0.39, 0.29) is 11.8 Å². The smallest absolute Gasteiger partial charge is 0.253 e. The zero-order valence-corrected chi connectivity index (χ0v) is 20.7. The van der Waals surface area contributed by atoms with E-state index in [9.17, 15) is 9.59 Å². The summed E-state index contributed by atoms with van der Waals surface area (Å²) in [4.78, 5) is 34.5. The minimum absolute atomic E-state index is 0.0737. The van der Waals surface area contributed by atoms with Gasteiger partial charge in [-0.1, -0.05) is 42.5 Å². The number of imidazole rings is 1. The normalized spacial score (nSPS) is 14.2. The third-order valence-corrected chi connectivity index (χ3v) is 6.97. The van der Waals surface area contributed by atoms with Crippen LogP contribution in [0.25, 0.3) is 11.0 Å². The van der Waals surface area contributed by atoms with Gasteiger partial charge in [0, 0.05) is 37.7 Å². The highest BCUT2D eigenvalue weighted by Crippen LogP contribution is 2.24. The van der Waals surface area contributed by atoms with Gasteiger partial charge in [0.2, 0.25) is 5.91 Å². The Labute approximate surface area is 211 Å². The summed E-state index contributed by atoms with van der Waals surface area (Å²) in [5.74, 6) is 1.57. The van der Waals surface area contributed by atoms with Crippen LogP contribution in [0.5, 0.6) is 0 Å². The first-order valence-electron chi connectivity index (χ1n) is 12.7. The number of anilines is 1. The Kier molecular flexibility index (Phi) is 7.12. The van der Waals surface area contributed by atoms with Crippen molar-refractivity contribution in [2.75, 3.05) is 18.4 Å². The standard InChI is InChI=1S/C30H32N4O2/c1-21(35)31-26-11-7-22(8-12-26)9-14-29-32-27-13-10-25(20-28(27)33-29)30(36)34-17-15-24(16-18-34)19-23-5-3-2-4-6-23/h2-8,10-13,20,24H,9,14-19H2,1H3,(H,31,35)(H,32,33). The van der Waals surface area contributed by atoms with Crippen LogP contribution in [-0.4, -0.2) is 39.8 Å². The maximum absolute atomic E-state index is 13.2. The number of hydrogen-bond donors (Lipinski definition) is 2. The van der Waals surface area contributed by atoms with E-state index in [1.54, 1.807) is 0 Å². The van der Waals surface area contributed by atoms with Crippen LogP contribution in [0.4, 0.5) is 5.69 Å². The van der Waals surface area contributed by atoms with Crippen molar-refractivity contribution in [3.05, 3.63) is 95.3 Å². The van der Waals surface area contributed by atoms with Gasteiger partial charge in [0.05, 0.1) is 11.0 Å². The van der Waals surface area contributed by atoms with Crippen LogP contribution in [0.15, 0.2) is 72.8 Å². The molecule has 0 spiro atoms. The van der Waals surface area contributed by atoms with Crippen molar-refractivity contribution in [3.63, 3.8) is 0 Å². The number of carbonyl (C=O) groups is 2. The molecule has 0 aliphatic carbocycles. The molecule has 1 saturated heterocycles. The monoisotopic (exact) mass is 480 g/mol. The van der Waals surface area contributed by atoms with Gasteiger partial charge >= 0.3 is 0 Å². The molecule has 0 atom stereocenters. The number of aryl methyl sites for hydroxylation is 2. The molecule has 184 valence electrons. The van der Waals surface area contributed by atoms with E-state index < -0.39 is 0 Å². The average molecular weight is 481 g/mol. The fourth-order valence-corrected chi connectivity index (χ4v) is 5.00. The Hall–Kier alpha value is -3.93. The molecule has 2 N–H and O–H groups in total. The van der Waals surface area contributed by atoms with Gasteiger partial charge in [-0.25, -0.2) is 4.98 Å². The van der Waals surface area contributed by atoms with Crippen LogP contribution in [0, 0.1) is 5.92 Å². The van der Waals surface area contributed by atoms with Crippen molar-refractivity contribution < 1.29 is 9.59 Å². The highest BCUT2D eigenvalue weighted by Gasteiger charge is 2.24. The minimum Gasteiger partial charge on any atom is -0.342 e. The lowest BCUT2D eigenvalue weighted by atomic mass is 9.90. The summed E-state index contributed by atoms with van der Waals surface area (Å²) in [6, 6.07) is 24.3. The second-order valence-electron chi connectivity index (χ2n) is 9.72. The number of nitrogens with one attached hydrogen (secondary N) is 2. The third-order valence-electron chi connectivity index (χ3n) is 6.97. The number of aromatic amines is 1. The Morgan fingerprint density at radius 2 is 1.69 bits per heavy atom. The van der Waals surface area contributed by atoms with E-state index in [0.29, 0.717) is 11.5 Å². The first-order chi connectivity index (χ1) is 17.5. The fraction of sp³-hybridized carbons (Fsp3) is 0.300. The maximum atomic E-state index is 13.2. The van der Waals surface area contributed by atoms with Crippen LogP contribution in [0.2, 0.25) is 0 Å². The Bertz CT molecular complexity index is 1340. The molecule has 6 nitrogen and oxygen atoms in total. The van der Waals surface area contributed by atoms with E-state index in [0.717, 1.165) is 67.7 Å². The van der Waals surface area contributed by atoms with E-state index in [1.165, 1.54) is 18.1 Å². The third kappa shape index (κ3) is 5.82. The van der Waals surface area contributed by atoms with Crippen molar-refractivity contribution >= 4 is 28.5 Å². The van der Waals surface area contributed by atoms with Crippen molar-refractivity contribution in [1.82, 2.24) is 14.9 Å². The number of H-pyrrole nitrogens is 1. The van der Waals surface area contributed by atoms with E-state index in [1.807, 2.05) is 47.4 Å². The Morgan fingerprint density at radius 3 is 2.42 bits per heavy atom. The molecule has 1 fully saturated rings. The number of amides is 2. The quantitative estimate of drug-likeness (QED) is 0.372. The number of nitrogens with zero attached hydrogens (tertiary/aromatic N) is 2.